The molecule has 2 nitrogen and oxygen atoms in total. The Kier molecular flexibility index (Phi) is 6.86. The van der Waals surface area contributed by atoms with Gasteiger partial charge in [-0.25, -0.2) is 4.39 Å². The van der Waals surface area contributed by atoms with Crippen molar-refractivity contribution in [3.63, 3.8) is 0 Å². The summed E-state index contributed by atoms with van der Waals surface area (Å²) in [5.41, 5.74) is 0.0752. The maximum atomic E-state index is 13.6. The van der Waals surface area contributed by atoms with Crippen LogP contribution in [0.15, 0.2) is 22.7 Å². The van der Waals surface area contributed by atoms with Crippen molar-refractivity contribution in [3.8, 4) is 0 Å². The number of benzene rings is 1. The minimum atomic E-state index is -0.504. The first-order chi connectivity index (χ1) is 8.60. The van der Waals surface area contributed by atoms with Gasteiger partial charge in [-0.15, -0.1) is 0 Å². The minimum absolute atomic E-state index is 0.0752. The fourth-order valence-corrected chi connectivity index (χ4v) is 2.81. The largest absolute Gasteiger partial charge is 0.352 e. The third kappa shape index (κ3) is 4.35. The van der Waals surface area contributed by atoms with E-state index >= 15 is 0 Å². The molecule has 5 heteroatoms. The first-order valence-electron chi connectivity index (χ1n) is 5.88. The SMILES string of the molecule is CCC(CCBr)CNC(=O)c1c(F)cccc1Br. The molecule has 1 rings (SSSR count). The average molecular weight is 381 g/mol. The fourth-order valence-electron chi connectivity index (χ4n) is 1.64. The zero-order valence-electron chi connectivity index (χ0n) is 10.2. The van der Waals surface area contributed by atoms with E-state index in [2.05, 4.69) is 44.1 Å². The van der Waals surface area contributed by atoms with Crippen LogP contribution in [0.1, 0.15) is 30.1 Å². The van der Waals surface area contributed by atoms with Crippen LogP contribution in [0.3, 0.4) is 0 Å². The predicted molar refractivity (Wildman–Crippen MR) is 78.6 cm³/mol. The summed E-state index contributed by atoms with van der Waals surface area (Å²) >= 11 is 6.58. The summed E-state index contributed by atoms with van der Waals surface area (Å²) in [5, 5.41) is 3.69. The highest BCUT2D eigenvalue weighted by Gasteiger charge is 2.16. The predicted octanol–water partition coefficient (Wildman–Crippen LogP) is 4.13. The molecule has 0 aromatic heterocycles. The van der Waals surface area contributed by atoms with E-state index in [1.807, 2.05) is 0 Å². The third-order valence-electron chi connectivity index (χ3n) is 2.84. The van der Waals surface area contributed by atoms with Gasteiger partial charge in [0.15, 0.2) is 0 Å². The summed E-state index contributed by atoms with van der Waals surface area (Å²) in [6.45, 7) is 2.65. The number of nitrogens with one attached hydrogen (secondary N) is 1. The summed E-state index contributed by atoms with van der Waals surface area (Å²) in [5.74, 6) is -0.456. The molecular weight excluding hydrogens is 365 g/mol. The van der Waals surface area contributed by atoms with E-state index in [4.69, 9.17) is 0 Å². The second-order valence-corrected chi connectivity index (χ2v) is 5.71. The van der Waals surface area contributed by atoms with Crippen LogP contribution in [-0.2, 0) is 0 Å². The molecule has 0 saturated heterocycles. The van der Waals surface area contributed by atoms with Gasteiger partial charge in [-0.3, -0.25) is 4.79 Å². The van der Waals surface area contributed by atoms with Crippen LogP contribution in [0, 0.1) is 11.7 Å². The van der Waals surface area contributed by atoms with Crippen molar-refractivity contribution in [3.05, 3.63) is 34.1 Å². The normalized spacial score (nSPS) is 12.2. The maximum absolute atomic E-state index is 13.6. The second-order valence-electron chi connectivity index (χ2n) is 4.06. The monoisotopic (exact) mass is 379 g/mol. The number of carbonyl (C=O) groups excluding carboxylic acids is 1. The first kappa shape index (κ1) is 15.6. The molecule has 0 fully saturated rings. The highest BCUT2D eigenvalue weighted by molar-refractivity contribution is 9.10. The van der Waals surface area contributed by atoms with Gasteiger partial charge in [0.1, 0.15) is 5.82 Å². The van der Waals surface area contributed by atoms with Gasteiger partial charge in [-0.05, 0) is 40.4 Å². The zero-order chi connectivity index (χ0) is 13.5. The Morgan fingerprint density at radius 1 is 1.50 bits per heavy atom. The summed E-state index contributed by atoms with van der Waals surface area (Å²) < 4.78 is 14.0. The van der Waals surface area contributed by atoms with Gasteiger partial charge in [0.25, 0.3) is 5.91 Å². The maximum Gasteiger partial charge on any atom is 0.255 e. The Labute approximate surface area is 124 Å². The smallest absolute Gasteiger partial charge is 0.255 e. The van der Waals surface area contributed by atoms with Gasteiger partial charge in [0.05, 0.1) is 5.56 Å². The fraction of sp³-hybridized carbons (Fsp3) is 0.462. The van der Waals surface area contributed by atoms with Crippen molar-refractivity contribution in [1.82, 2.24) is 5.32 Å². The van der Waals surface area contributed by atoms with Crippen molar-refractivity contribution in [2.75, 3.05) is 11.9 Å². The second kappa shape index (κ2) is 7.89. The third-order valence-corrected chi connectivity index (χ3v) is 3.95. The van der Waals surface area contributed by atoms with E-state index < -0.39 is 5.82 Å². The van der Waals surface area contributed by atoms with Gasteiger partial charge < -0.3 is 5.32 Å². The van der Waals surface area contributed by atoms with Crippen LogP contribution >= 0.6 is 31.9 Å². The molecule has 0 aliphatic heterocycles. The van der Waals surface area contributed by atoms with Crippen LogP contribution in [0.2, 0.25) is 0 Å². The van der Waals surface area contributed by atoms with Crippen molar-refractivity contribution in [2.45, 2.75) is 19.8 Å². The van der Waals surface area contributed by atoms with Crippen LogP contribution in [0.4, 0.5) is 4.39 Å². The van der Waals surface area contributed by atoms with Gasteiger partial charge >= 0.3 is 0 Å². The van der Waals surface area contributed by atoms with Crippen molar-refractivity contribution in [2.24, 2.45) is 5.92 Å². The Bertz CT molecular complexity index is 392. The molecule has 1 atom stereocenters. The molecule has 0 aliphatic rings. The molecule has 1 aromatic carbocycles. The first-order valence-corrected chi connectivity index (χ1v) is 7.79. The van der Waals surface area contributed by atoms with E-state index in [0.717, 1.165) is 18.2 Å². The number of amides is 1. The molecule has 1 aromatic rings. The van der Waals surface area contributed by atoms with E-state index in [1.165, 1.54) is 6.07 Å². The van der Waals surface area contributed by atoms with E-state index in [1.54, 1.807) is 12.1 Å². The highest BCUT2D eigenvalue weighted by atomic mass is 79.9. The quantitative estimate of drug-likeness (QED) is 0.738. The number of hydrogen-bond acceptors (Lipinski definition) is 1. The Morgan fingerprint density at radius 2 is 2.22 bits per heavy atom. The molecule has 0 heterocycles. The lowest BCUT2D eigenvalue weighted by atomic mass is 10.0. The molecule has 100 valence electrons. The number of halogens is 3. The Morgan fingerprint density at radius 3 is 2.78 bits per heavy atom. The Balaban J connectivity index is 2.65. The molecule has 0 aliphatic carbocycles. The van der Waals surface area contributed by atoms with Crippen LogP contribution in [-0.4, -0.2) is 17.8 Å². The molecule has 0 radical (unpaired) electrons. The number of alkyl halides is 1. The molecule has 18 heavy (non-hydrogen) atoms. The van der Waals surface area contributed by atoms with E-state index in [0.29, 0.717) is 16.9 Å². The Hall–Kier alpha value is -0.420. The number of rotatable bonds is 6. The molecule has 0 bridgehead atoms. The molecule has 1 unspecified atom stereocenters. The van der Waals surface area contributed by atoms with Gasteiger partial charge in [0.2, 0.25) is 0 Å². The highest BCUT2D eigenvalue weighted by Crippen LogP contribution is 2.19. The van der Waals surface area contributed by atoms with Gasteiger partial charge in [0, 0.05) is 16.3 Å². The van der Waals surface area contributed by atoms with Crippen molar-refractivity contribution in [1.29, 1.82) is 0 Å². The number of carbonyl (C=O) groups is 1. The standard InChI is InChI=1S/C13H16Br2FNO/c1-2-9(6-7-14)8-17-13(18)12-10(15)4-3-5-11(12)16/h3-5,9H,2,6-8H2,1H3,(H,17,18). The molecule has 1 N–H and O–H groups in total. The average Bonchev–Trinajstić information content (AvgIpc) is 2.34. The summed E-state index contributed by atoms with van der Waals surface area (Å²) in [7, 11) is 0. The van der Waals surface area contributed by atoms with E-state index in [-0.39, 0.29) is 11.5 Å². The lowest BCUT2D eigenvalue weighted by Gasteiger charge is -2.15. The molecule has 0 spiro atoms. The van der Waals surface area contributed by atoms with Crippen molar-refractivity contribution < 1.29 is 9.18 Å². The zero-order valence-corrected chi connectivity index (χ0v) is 13.4. The lowest BCUT2D eigenvalue weighted by molar-refractivity contribution is 0.0941. The van der Waals surface area contributed by atoms with Gasteiger partial charge in [-0.2, -0.15) is 0 Å². The topological polar surface area (TPSA) is 29.1 Å². The van der Waals surface area contributed by atoms with Crippen LogP contribution in [0.5, 0.6) is 0 Å². The number of hydrogen-bond donors (Lipinski definition) is 1. The van der Waals surface area contributed by atoms with Crippen LogP contribution < -0.4 is 5.32 Å². The minimum Gasteiger partial charge on any atom is -0.352 e. The summed E-state index contributed by atoms with van der Waals surface area (Å²) in [6, 6.07) is 4.51. The van der Waals surface area contributed by atoms with Gasteiger partial charge in [-0.1, -0.05) is 35.3 Å². The summed E-state index contributed by atoms with van der Waals surface area (Å²) in [4.78, 5) is 11.9. The van der Waals surface area contributed by atoms with E-state index in [9.17, 15) is 9.18 Å². The summed E-state index contributed by atoms with van der Waals surface area (Å²) in [6.07, 6.45) is 1.99. The van der Waals surface area contributed by atoms with Crippen LogP contribution in [0.25, 0.3) is 0 Å². The molecular formula is C13H16Br2FNO. The molecule has 1 amide bonds. The lowest BCUT2D eigenvalue weighted by Crippen LogP contribution is -2.30. The molecule has 0 saturated carbocycles. The van der Waals surface area contributed by atoms with Crippen molar-refractivity contribution >= 4 is 37.8 Å².